The molecule has 1 aliphatic heterocycles. The second kappa shape index (κ2) is 8.64. The van der Waals surface area contributed by atoms with Gasteiger partial charge in [-0.3, -0.25) is 14.9 Å². The highest BCUT2D eigenvalue weighted by Crippen LogP contribution is 2.23. The minimum absolute atomic E-state index is 0.0955. The van der Waals surface area contributed by atoms with Crippen molar-refractivity contribution in [2.75, 3.05) is 31.1 Å². The smallest absolute Gasteiger partial charge is 0.269 e. The van der Waals surface area contributed by atoms with E-state index in [4.69, 9.17) is 0 Å². The molecule has 29 heavy (non-hydrogen) atoms. The van der Waals surface area contributed by atoms with E-state index in [9.17, 15) is 14.9 Å². The Balaban J connectivity index is 1.48. The van der Waals surface area contributed by atoms with E-state index in [2.05, 4.69) is 49.9 Å². The van der Waals surface area contributed by atoms with E-state index in [-0.39, 0.29) is 17.0 Å². The number of nitro benzene ring substituents is 1. The predicted molar refractivity (Wildman–Crippen MR) is 115 cm³/mol. The van der Waals surface area contributed by atoms with Crippen LogP contribution in [0.2, 0.25) is 0 Å². The molecular formula is C23H29N3O3. The Labute approximate surface area is 172 Å². The number of carbonyl (C=O) groups excluding carboxylic acids is 1. The highest BCUT2D eigenvalue weighted by Gasteiger charge is 2.21. The second-order valence-electron chi connectivity index (χ2n) is 8.59. The van der Waals surface area contributed by atoms with Gasteiger partial charge >= 0.3 is 0 Å². The average Bonchev–Trinajstić information content (AvgIpc) is 2.72. The fraction of sp³-hybridized carbons (Fsp3) is 0.435. The molecule has 0 aliphatic carbocycles. The number of piperazine rings is 1. The molecule has 1 heterocycles. The lowest BCUT2D eigenvalue weighted by atomic mass is 9.86. The zero-order valence-electron chi connectivity index (χ0n) is 17.4. The van der Waals surface area contributed by atoms with Gasteiger partial charge in [0, 0.05) is 50.4 Å². The number of hydrogen-bond donors (Lipinski definition) is 0. The second-order valence-corrected chi connectivity index (χ2v) is 8.59. The number of nitrogens with zero attached hydrogens (tertiary/aromatic N) is 3. The van der Waals surface area contributed by atoms with Crippen LogP contribution in [0.4, 0.5) is 11.4 Å². The van der Waals surface area contributed by atoms with Crippen LogP contribution in [0.1, 0.15) is 38.3 Å². The summed E-state index contributed by atoms with van der Waals surface area (Å²) in [5.74, 6) is 0.188. The number of carbonyl (C=O) groups is 1. The van der Waals surface area contributed by atoms with Crippen LogP contribution in [0.3, 0.4) is 0 Å². The number of amides is 1. The van der Waals surface area contributed by atoms with Gasteiger partial charge in [-0.2, -0.15) is 0 Å². The molecule has 0 bridgehead atoms. The van der Waals surface area contributed by atoms with Crippen molar-refractivity contribution in [2.24, 2.45) is 0 Å². The molecule has 154 valence electrons. The van der Waals surface area contributed by atoms with E-state index in [1.54, 1.807) is 12.1 Å². The van der Waals surface area contributed by atoms with Crippen LogP contribution in [-0.4, -0.2) is 41.9 Å². The molecule has 0 unspecified atom stereocenters. The average molecular weight is 396 g/mol. The fourth-order valence-corrected chi connectivity index (χ4v) is 3.58. The Morgan fingerprint density at radius 1 is 0.966 bits per heavy atom. The van der Waals surface area contributed by atoms with Crippen LogP contribution in [0.25, 0.3) is 0 Å². The first-order chi connectivity index (χ1) is 13.7. The van der Waals surface area contributed by atoms with Gasteiger partial charge in [0.2, 0.25) is 5.91 Å². The molecule has 1 saturated heterocycles. The Bertz CT molecular complexity index is 846. The molecule has 6 heteroatoms. The topological polar surface area (TPSA) is 66.7 Å². The Morgan fingerprint density at radius 3 is 2.07 bits per heavy atom. The maximum Gasteiger partial charge on any atom is 0.269 e. The molecule has 0 N–H and O–H groups in total. The van der Waals surface area contributed by atoms with Crippen molar-refractivity contribution < 1.29 is 9.72 Å². The van der Waals surface area contributed by atoms with Crippen LogP contribution >= 0.6 is 0 Å². The van der Waals surface area contributed by atoms with E-state index in [0.29, 0.717) is 19.5 Å². The first kappa shape index (κ1) is 20.8. The van der Waals surface area contributed by atoms with Crippen molar-refractivity contribution in [2.45, 2.75) is 39.0 Å². The Kier molecular flexibility index (Phi) is 6.20. The molecule has 0 saturated carbocycles. The van der Waals surface area contributed by atoms with Crippen molar-refractivity contribution in [3.8, 4) is 0 Å². The fourth-order valence-electron chi connectivity index (χ4n) is 3.58. The molecule has 1 aliphatic rings. The lowest BCUT2D eigenvalue weighted by Gasteiger charge is -2.36. The summed E-state index contributed by atoms with van der Waals surface area (Å²) in [6.45, 7) is 9.43. The summed E-state index contributed by atoms with van der Waals surface area (Å²) in [5, 5.41) is 10.8. The third-order valence-electron chi connectivity index (χ3n) is 5.51. The van der Waals surface area contributed by atoms with Gasteiger partial charge < -0.3 is 9.80 Å². The summed E-state index contributed by atoms with van der Waals surface area (Å²) in [6, 6.07) is 15.2. The first-order valence-corrected chi connectivity index (χ1v) is 10.1. The SMILES string of the molecule is CC(C)(C)c1ccc(CCC(=O)N2CCN(c3ccc([N+](=O)[O-])cc3)CC2)cc1. The standard InChI is InChI=1S/C23H29N3O3/c1-23(2,3)19-7-4-18(5-8-19)6-13-22(27)25-16-14-24(15-17-25)20-9-11-21(12-10-20)26(28)29/h4-5,7-12H,6,13-17H2,1-3H3. The van der Waals surface area contributed by atoms with E-state index in [1.165, 1.54) is 23.3 Å². The van der Waals surface area contributed by atoms with Crippen molar-refractivity contribution in [3.05, 3.63) is 69.8 Å². The Morgan fingerprint density at radius 2 is 1.55 bits per heavy atom. The van der Waals surface area contributed by atoms with Crippen molar-refractivity contribution in [3.63, 3.8) is 0 Å². The summed E-state index contributed by atoms with van der Waals surface area (Å²) in [5.41, 5.74) is 3.68. The molecule has 0 spiro atoms. The zero-order valence-corrected chi connectivity index (χ0v) is 17.4. The van der Waals surface area contributed by atoms with Crippen molar-refractivity contribution in [1.29, 1.82) is 0 Å². The maximum atomic E-state index is 12.6. The number of hydrogen-bond acceptors (Lipinski definition) is 4. The zero-order chi connectivity index (χ0) is 21.0. The molecule has 0 aromatic heterocycles. The Hall–Kier alpha value is -2.89. The molecule has 6 nitrogen and oxygen atoms in total. The van der Waals surface area contributed by atoms with E-state index >= 15 is 0 Å². The predicted octanol–water partition coefficient (Wildman–Crippen LogP) is 4.17. The number of aryl methyl sites for hydroxylation is 1. The molecule has 1 fully saturated rings. The quantitative estimate of drug-likeness (QED) is 0.563. The van der Waals surface area contributed by atoms with Crippen LogP contribution in [0.15, 0.2) is 48.5 Å². The first-order valence-electron chi connectivity index (χ1n) is 10.1. The molecule has 2 aromatic rings. The largest absolute Gasteiger partial charge is 0.368 e. The van der Waals surface area contributed by atoms with Crippen molar-refractivity contribution in [1.82, 2.24) is 4.90 Å². The van der Waals surface area contributed by atoms with E-state index in [1.807, 2.05) is 4.90 Å². The third kappa shape index (κ3) is 5.34. The monoisotopic (exact) mass is 395 g/mol. The van der Waals surface area contributed by atoms with Crippen LogP contribution in [0.5, 0.6) is 0 Å². The summed E-state index contributed by atoms with van der Waals surface area (Å²) < 4.78 is 0. The molecule has 2 aromatic carbocycles. The van der Waals surface area contributed by atoms with Gasteiger partial charge in [-0.15, -0.1) is 0 Å². The lowest BCUT2D eigenvalue weighted by Crippen LogP contribution is -2.48. The van der Waals surface area contributed by atoms with Gasteiger partial charge in [-0.1, -0.05) is 45.0 Å². The normalized spacial score (nSPS) is 14.7. The van der Waals surface area contributed by atoms with Crippen LogP contribution < -0.4 is 4.90 Å². The van der Waals surface area contributed by atoms with Crippen LogP contribution in [-0.2, 0) is 16.6 Å². The highest BCUT2D eigenvalue weighted by molar-refractivity contribution is 5.76. The van der Waals surface area contributed by atoms with Gasteiger partial charge in [0.25, 0.3) is 5.69 Å². The molecule has 3 rings (SSSR count). The van der Waals surface area contributed by atoms with Gasteiger partial charge in [0.1, 0.15) is 0 Å². The minimum Gasteiger partial charge on any atom is -0.368 e. The molecule has 0 radical (unpaired) electrons. The van der Waals surface area contributed by atoms with Gasteiger partial charge in [-0.25, -0.2) is 0 Å². The number of anilines is 1. The summed E-state index contributed by atoms with van der Waals surface area (Å²) in [7, 11) is 0. The maximum absolute atomic E-state index is 12.6. The number of nitro groups is 1. The number of rotatable bonds is 5. The molecular weight excluding hydrogens is 366 g/mol. The molecule has 1 amide bonds. The highest BCUT2D eigenvalue weighted by atomic mass is 16.6. The summed E-state index contributed by atoms with van der Waals surface area (Å²) >= 11 is 0. The van der Waals surface area contributed by atoms with Crippen LogP contribution in [0, 0.1) is 10.1 Å². The number of benzene rings is 2. The van der Waals surface area contributed by atoms with Gasteiger partial charge in [0.15, 0.2) is 0 Å². The molecule has 0 atom stereocenters. The minimum atomic E-state index is -0.392. The lowest BCUT2D eigenvalue weighted by molar-refractivity contribution is -0.384. The van der Waals surface area contributed by atoms with Gasteiger partial charge in [-0.05, 0) is 35.1 Å². The number of non-ortho nitro benzene ring substituents is 1. The summed E-state index contributed by atoms with van der Waals surface area (Å²) in [4.78, 5) is 27.1. The third-order valence-corrected chi connectivity index (χ3v) is 5.51. The van der Waals surface area contributed by atoms with E-state index < -0.39 is 4.92 Å². The van der Waals surface area contributed by atoms with Gasteiger partial charge in [0.05, 0.1) is 4.92 Å². The van der Waals surface area contributed by atoms with E-state index in [0.717, 1.165) is 25.2 Å². The van der Waals surface area contributed by atoms with Crippen molar-refractivity contribution >= 4 is 17.3 Å². The summed E-state index contributed by atoms with van der Waals surface area (Å²) in [6.07, 6.45) is 1.28.